The van der Waals surface area contributed by atoms with Crippen LogP contribution in [0.3, 0.4) is 0 Å². The molecule has 0 saturated heterocycles. The van der Waals surface area contributed by atoms with Gasteiger partial charge in [-0.2, -0.15) is 0 Å². The van der Waals surface area contributed by atoms with Crippen molar-refractivity contribution < 1.29 is 0 Å². The highest BCUT2D eigenvalue weighted by molar-refractivity contribution is 8.00. The van der Waals surface area contributed by atoms with Crippen molar-refractivity contribution in [2.24, 2.45) is 5.73 Å². The number of aromatic nitrogens is 4. The lowest BCUT2D eigenvalue weighted by molar-refractivity contribution is 0.565. The number of thioether (sulfide) groups is 1. The van der Waals surface area contributed by atoms with E-state index in [2.05, 4.69) is 40.6 Å². The first-order valence-electron chi connectivity index (χ1n) is 6.74. The molecule has 1 saturated carbocycles. The fourth-order valence-electron chi connectivity index (χ4n) is 2.03. The van der Waals surface area contributed by atoms with E-state index in [0.29, 0.717) is 12.6 Å². The molecule has 106 valence electrons. The van der Waals surface area contributed by atoms with Crippen molar-refractivity contribution in [2.45, 2.75) is 47.3 Å². The van der Waals surface area contributed by atoms with Gasteiger partial charge in [0.1, 0.15) is 0 Å². The maximum atomic E-state index is 5.94. The van der Waals surface area contributed by atoms with E-state index in [4.69, 9.17) is 5.73 Å². The summed E-state index contributed by atoms with van der Waals surface area (Å²) >= 11 is 3.44. The minimum absolute atomic E-state index is 0.488. The molecular weight excluding hydrogens is 290 g/mol. The number of hydrogen-bond acceptors (Lipinski definition) is 6. The fourth-order valence-corrected chi connectivity index (χ4v) is 3.97. The molecule has 1 aliphatic carbocycles. The van der Waals surface area contributed by atoms with Gasteiger partial charge in [-0.05, 0) is 58.5 Å². The third-order valence-corrected chi connectivity index (χ3v) is 5.19. The van der Waals surface area contributed by atoms with Gasteiger partial charge in [0.15, 0.2) is 0 Å². The van der Waals surface area contributed by atoms with Gasteiger partial charge in [-0.25, -0.2) is 4.68 Å². The topological polar surface area (TPSA) is 69.6 Å². The molecule has 1 fully saturated rings. The van der Waals surface area contributed by atoms with Crippen LogP contribution in [-0.4, -0.2) is 26.0 Å². The lowest BCUT2D eigenvalue weighted by atomic mass is 10.2. The number of nitrogens with two attached hydrogens (primary N) is 1. The van der Waals surface area contributed by atoms with Crippen LogP contribution in [0.1, 0.15) is 31.4 Å². The molecule has 1 aromatic heterocycles. The Labute approximate surface area is 126 Å². The zero-order valence-electron chi connectivity index (χ0n) is 11.3. The van der Waals surface area contributed by atoms with E-state index >= 15 is 0 Å². The zero-order chi connectivity index (χ0) is 13.9. The normalized spacial score (nSPS) is 14.7. The Morgan fingerprint density at radius 1 is 1.35 bits per heavy atom. The van der Waals surface area contributed by atoms with Gasteiger partial charge in [-0.15, -0.1) is 16.9 Å². The molecule has 2 aromatic rings. The molecule has 1 aromatic carbocycles. The van der Waals surface area contributed by atoms with Crippen LogP contribution in [0.4, 0.5) is 0 Å². The van der Waals surface area contributed by atoms with Crippen molar-refractivity contribution >= 4 is 23.5 Å². The quantitative estimate of drug-likeness (QED) is 0.828. The monoisotopic (exact) mass is 307 g/mol. The molecule has 0 amide bonds. The molecule has 0 spiro atoms. The first-order valence-corrected chi connectivity index (χ1v) is 8.54. The van der Waals surface area contributed by atoms with Crippen LogP contribution in [-0.2, 0) is 6.54 Å². The average Bonchev–Trinajstić information content (AvgIpc) is 3.20. The third kappa shape index (κ3) is 2.84. The van der Waals surface area contributed by atoms with E-state index in [1.807, 2.05) is 16.4 Å². The summed E-state index contributed by atoms with van der Waals surface area (Å²) in [6.07, 6.45) is 2.35. The standard InChI is InChI=1S/C13H17N5S2/c1-2-19-11-4-3-5-12(10(11)8-14)20-13-15-16-17-18(13)9-6-7-9/h3-5,9H,2,6-8,14H2,1H3. The molecule has 0 radical (unpaired) electrons. The molecule has 0 bridgehead atoms. The fraction of sp³-hybridized carbons (Fsp3) is 0.462. The lowest BCUT2D eigenvalue weighted by Crippen LogP contribution is -2.02. The SMILES string of the molecule is CCSc1cccc(Sc2nnnn2C2CC2)c1CN. The minimum Gasteiger partial charge on any atom is -0.326 e. The molecule has 5 nitrogen and oxygen atoms in total. The summed E-state index contributed by atoms with van der Waals surface area (Å²) in [6.45, 7) is 2.69. The van der Waals surface area contributed by atoms with Crippen LogP contribution in [0.15, 0.2) is 33.1 Å². The smallest absolute Gasteiger partial charge is 0.214 e. The molecule has 1 aliphatic rings. The second-order valence-electron chi connectivity index (χ2n) is 4.61. The largest absolute Gasteiger partial charge is 0.326 e. The molecule has 2 N–H and O–H groups in total. The van der Waals surface area contributed by atoms with Gasteiger partial charge in [0, 0.05) is 16.3 Å². The Balaban J connectivity index is 1.89. The molecular formula is C13H17N5S2. The number of benzene rings is 1. The zero-order valence-corrected chi connectivity index (χ0v) is 13.0. The highest BCUT2D eigenvalue weighted by Crippen LogP contribution is 2.39. The van der Waals surface area contributed by atoms with Crippen LogP contribution in [0, 0.1) is 0 Å². The molecule has 1 heterocycles. The Morgan fingerprint density at radius 3 is 2.85 bits per heavy atom. The minimum atomic E-state index is 0.488. The lowest BCUT2D eigenvalue weighted by Gasteiger charge is -2.11. The molecule has 0 aliphatic heterocycles. The molecule has 3 rings (SSSR count). The van der Waals surface area contributed by atoms with Crippen LogP contribution in [0.25, 0.3) is 0 Å². The van der Waals surface area contributed by atoms with Gasteiger partial charge in [0.25, 0.3) is 0 Å². The second kappa shape index (κ2) is 6.15. The first kappa shape index (κ1) is 13.9. The highest BCUT2D eigenvalue weighted by atomic mass is 32.2. The van der Waals surface area contributed by atoms with Crippen LogP contribution >= 0.6 is 23.5 Å². The van der Waals surface area contributed by atoms with Gasteiger partial charge < -0.3 is 5.73 Å². The van der Waals surface area contributed by atoms with E-state index < -0.39 is 0 Å². The second-order valence-corrected chi connectivity index (χ2v) is 6.92. The van der Waals surface area contributed by atoms with Gasteiger partial charge in [-0.1, -0.05) is 13.0 Å². The molecule has 0 unspecified atom stereocenters. The molecule has 0 atom stereocenters. The third-order valence-electron chi connectivity index (χ3n) is 3.15. The average molecular weight is 307 g/mol. The highest BCUT2D eigenvalue weighted by Gasteiger charge is 2.28. The Kier molecular flexibility index (Phi) is 4.28. The molecule has 7 heteroatoms. The van der Waals surface area contributed by atoms with Crippen LogP contribution in [0.5, 0.6) is 0 Å². The van der Waals surface area contributed by atoms with E-state index in [0.717, 1.165) is 15.8 Å². The summed E-state index contributed by atoms with van der Waals surface area (Å²) in [5, 5.41) is 12.9. The van der Waals surface area contributed by atoms with Gasteiger partial charge in [0.05, 0.1) is 6.04 Å². The van der Waals surface area contributed by atoms with E-state index in [-0.39, 0.29) is 0 Å². The van der Waals surface area contributed by atoms with Crippen LogP contribution in [0.2, 0.25) is 0 Å². The Hall–Kier alpha value is -1.05. The number of hydrogen-bond donors (Lipinski definition) is 1. The van der Waals surface area contributed by atoms with Crippen LogP contribution < -0.4 is 5.73 Å². The first-order chi connectivity index (χ1) is 9.83. The van der Waals surface area contributed by atoms with Crippen molar-refractivity contribution in [1.82, 2.24) is 20.2 Å². The van der Waals surface area contributed by atoms with Crippen molar-refractivity contribution in [3.63, 3.8) is 0 Å². The van der Waals surface area contributed by atoms with Gasteiger partial charge in [-0.3, -0.25) is 0 Å². The van der Waals surface area contributed by atoms with Crippen molar-refractivity contribution in [3.05, 3.63) is 23.8 Å². The number of tetrazole rings is 1. The van der Waals surface area contributed by atoms with Crippen molar-refractivity contribution in [2.75, 3.05) is 5.75 Å². The van der Waals surface area contributed by atoms with Crippen molar-refractivity contribution in [1.29, 1.82) is 0 Å². The Bertz CT molecular complexity index is 594. The maximum absolute atomic E-state index is 5.94. The summed E-state index contributed by atoms with van der Waals surface area (Å²) in [7, 11) is 0. The summed E-state index contributed by atoms with van der Waals surface area (Å²) in [5.41, 5.74) is 7.13. The van der Waals surface area contributed by atoms with Gasteiger partial charge in [0.2, 0.25) is 5.16 Å². The predicted molar refractivity (Wildman–Crippen MR) is 80.9 cm³/mol. The van der Waals surface area contributed by atoms with Gasteiger partial charge >= 0.3 is 0 Å². The van der Waals surface area contributed by atoms with E-state index in [1.54, 1.807) is 11.8 Å². The van der Waals surface area contributed by atoms with E-state index in [9.17, 15) is 0 Å². The summed E-state index contributed by atoms with van der Waals surface area (Å²) in [5.74, 6) is 1.04. The number of rotatable bonds is 6. The summed E-state index contributed by atoms with van der Waals surface area (Å²) < 4.78 is 1.94. The molecule has 20 heavy (non-hydrogen) atoms. The predicted octanol–water partition coefficient (Wildman–Crippen LogP) is 2.73. The summed E-state index contributed by atoms with van der Waals surface area (Å²) in [6, 6.07) is 6.79. The van der Waals surface area contributed by atoms with E-state index in [1.165, 1.54) is 23.3 Å². The van der Waals surface area contributed by atoms with Crippen molar-refractivity contribution in [3.8, 4) is 0 Å². The maximum Gasteiger partial charge on any atom is 0.214 e. The number of nitrogens with zero attached hydrogens (tertiary/aromatic N) is 4. The Morgan fingerprint density at radius 2 is 2.15 bits per heavy atom. The summed E-state index contributed by atoms with van der Waals surface area (Å²) in [4.78, 5) is 2.41.